The molecule has 2 aromatic rings. The fraction of sp³-hybridized carbons (Fsp3) is 0.471. The third kappa shape index (κ3) is 5.06. The maximum Gasteiger partial charge on any atom is 0.240 e. The highest BCUT2D eigenvalue weighted by atomic mass is 32.1. The number of aromatic nitrogens is 3. The van der Waals surface area contributed by atoms with Crippen LogP contribution < -0.4 is 14.8 Å². The first-order valence-corrected chi connectivity index (χ1v) is 8.61. The number of aryl methyl sites for hydroxylation is 1. The lowest BCUT2D eigenvalue weighted by Gasteiger charge is -2.10. The zero-order valence-electron chi connectivity index (χ0n) is 14.8. The Kier molecular flexibility index (Phi) is 7.00. The van der Waals surface area contributed by atoms with Gasteiger partial charge in [0, 0.05) is 13.0 Å². The molecule has 1 heterocycles. The van der Waals surface area contributed by atoms with Gasteiger partial charge in [-0.25, -0.2) is 0 Å². The van der Waals surface area contributed by atoms with E-state index in [-0.39, 0.29) is 12.5 Å². The predicted molar refractivity (Wildman–Crippen MR) is 97.7 cm³/mol. The summed E-state index contributed by atoms with van der Waals surface area (Å²) < 4.78 is 12.7. The zero-order valence-corrected chi connectivity index (χ0v) is 15.6. The van der Waals surface area contributed by atoms with E-state index in [1.807, 2.05) is 18.2 Å². The van der Waals surface area contributed by atoms with Crippen molar-refractivity contribution in [2.24, 2.45) is 0 Å². The summed E-state index contributed by atoms with van der Waals surface area (Å²) in [4.78, 5) is 12.2. The fourth-order valence-corrected chi connectivity index (χ4v) is 2.73. The third-order valence-corrected chi connectivity index (χ3v) is 4.11. The number of amides is 1. The van der Waals surface area contributed by atoms with Gasteiger partial charge >= 0.3 is 0 Å². The minimum Gasteiger partial charge on any atom is -0.493 e. The summed E-state index contributed by atoms with van der Waals surface area (Å²) in [6.45, 7) is 2.77. The molecule has 0 spiro atoms. The van der Waals surface area contributed by atoms with E-state index in [9.17, 15) is 4.79 Å². The van der Waals surface area contributed by atoms with E-state index in [4.69, 9.17) is 21.7 Å². The molecule has 0 aliphatic rings. The maximum atomic E-state index is 12.2. The Morgan fingerprint density at radius 1 is 1.28 bits per heavy atom. The van der Waals surface area contributed by atoms with Crippen molar-refractivity contribution in [2.75, 3.05) is 20.8 Å². The molecule has 1 aromatic heterocycles. The molecule has 2 rings (SSSR count). The van der Waals surface area contributed by atoms with Crippen molar-refractivity contribution in [3.63, 3.8) is 0 Å². The van der Waals surface area contributed by atoms with Gasteiger partial charge in [-0.2, -0.15) is 5.10 Å². The van der Waals surface area contributed by atoms with Crippen molar-refractivity contribution in [1.82, 2.24) is 20.1 Å². The molecule has 0 aliphatic heterocycles. The van der Waals surface area contributed by atoms with E-state index in [2.05, 4.69) is 22.4 Å². The Bertz CT molecular complexity index is 769. The lowest BCUT2D eigenvalue weighted by atomic mass is 10.1. The molecule has 8 heteroatoms. The summed E-state index contributed by atoms with van der Waals surface area (Å²) in [6.07, 6.45) is 2.43. The molecular formula is C17H24N4O3S. The summed E-state index contributed by atoms with van der Waals surface area (Å²) in [5.41, 5.74) is 1.06. The number of hydrogen-bond acceptors (Lipinski definition) is 5. The number of carbonyl (C=O) groups is 1. The highest BCUT2D eigenvalue weighted by Gasteiger charge is 2.10. The standard InChI is InChI=1S/C17H24N4O3S/c1-4-5-15-19-20-17(25)21(15)11-16(22)18-9-8-12-6-7-13(23-2)14(10-12)24-3/h6-7,10H,4-5,8-9,11H2,1-3H3,(H,18,22)(H,20,25). The van der Waals surface area contributed by atoms with Gasteiger partial charge in [-0.3, -0.25) is 14.5 Å². The highest BCUT2D eigenvalue weighted by molar-refractivity contribution is 7.71. The van der Waals surface area contributed by atoms with Crippen LogP contribution in [0.15, 0.2) is 18.2 Å². The van der Waals surface area contributed by atoms with Crippen molar-refractivity contribution >= 4 is 18.1 Å². The smallest absolute Gasteiger partial charge is 0.240 e. The van der Waals surface area contributed by atoms with E-state index < -0.39 is 0 Å². The van der Waals surface area contributed by atoms with Gasteiger partial charge in [-0.05, 0) is 42.8 Å². The molecule has 0 saturated carbocycles. The van der Waals surface area contributed by atoms with Gasteiger partial charge in [-0.1, -0.05) is 13.0 Å². The summed E-state index contributed by atoms with van der Waals surface area (Å²) in [6, 6.07) is 5.73. The van der Waals surface area contributed by atoms with Crippen molar-refractivity contribution in [3.05, 3.63) is 34.4 Å². The highest BCUT2D eigenvalue weighted by Crippen LogP contribution is 2.27. The zero-order chi connectivity index (χ0) is 18.2. The van der Waals surface area contributed by atoms with Crippen LogP contribution in [0.3, 0.4) is 0 Å². The van der Waals surface area contributed by atoms with Gasteiger partial charge in [0.1, 0.15) is 12.4 Å². The molecule has 2 N–H and O–H groups in total. The molecule has 7 nitrogen and oxygen atoms in total. The maximum absolute atomic E-state index is 12.2. The SMILES string of the molecule is CCCc1n[nH]c(=S)n1CC(=O)NCCc1ccc(OC)c(OC)c1. The van der Waals surface area contributed by atoms with Crippen LogP contribution >= 0.6 is 12.2 Å². The van der Waals surface area contributed by atoms with Gasteiger partial charge in [0.25, 0.3) is 0 Å². The number of aromatic amines is 1. The van der Waals surface area contributed by atoms with Crippen LogP contribution in [0.1, 0.15) is 24.7 Å². The van der Waals surface area contributed by atoms with Gasteiger partial charge in [0.15, 0.2) is 16.3 Å². The molecule has 0 aliphatic carbocycles. The lowest BCUT2D eigenvalue weighted by molar-refractivity contribution is -0.121. The van der Waals surface area contributed by atoms with Crippen LogP contribution in [0, 0.1) is 4.77 Å². The van der Waals surface area contributed by atoms with Crippen LogP contribution in [-0.4, -0.2) is 41.4 Å². The Labute approximate surface area is 152 Å². The number of ether oxygens (including phenoxy) is 2. The Hall–Kier alpha value is -2.35. The molecule has 0 atom stereocenters. The number of H-pyrrole nitrogens is 1. The lowest BCUT2D eigenvalue weighted by Crippen LogP contribution is -2.30. The summed E-state index contributed by atoms with van der Waals surface area (Å²) in [5, 5.41) is 9.82. The average molecular weight is 364 g/mol. The first-order valence-electron chi connectivity index (χ1n) is 8.20. The van der Waals surface area contributed by atoms with Crippen molar-refractivity contribution < 1.29 is 14.3 Å². The number of rotatable bonds is 9. The van der Waals surface area contributed by atoms with Gasteiger partial charge in [0.05, 0.1) is 14.2 Å². The number of benzene rings is 1. The summed E-state index contributed by atoms with van der Waals surface area (Å²) in [7, 11) is 3.21. The molecule has 0 saturated heterocycles. The Morgan fingerprint density at radius 3 is 2.72 bits per heavy atom. The first-order chi connectivity index (χ1) is 12.1. The van der Waals surface area contributed by atoms with Gasteiger partial charge in [0.2, 0.25) is 5.91 Å². The van der Waals surface area contributed by atoms with Crippen LogP contribution in [0.25, 0.3) is 0 Å². The quantitative estimate of drug-likeness (QED) is 0.667. The van der Waals surface area contributed by atoms with Crippen LogP contribution in [-0.2, 0) is 24.2 Å². The molecule has 1 amide bonds. The molecule has 0 fully saturated rings. The number of methoxy groups -OCH3 is 2. The normalized spacial score (nSPS) is 10.5. The molecule has 0 radical (unpaired) electrons. The van der Waals surface area contributed by atoms with Crippen LogP contribution in [0.2, 0.25) is 0 Å². The summed E-state index contributed by atoms with van der Waals surface area (Å²) >= 11 is 5.19. The number of carbonyl (C=O) groups excluding carboxylic acids is 1. The molecular weight excluding hydrogens is 340 g/mol. The van der Waals surface area contributed by atoms with Crippen LogP contribution in [0.5, 0.6) is 11.5 Å². The minimum absolute atomic E-state index is 0.0877. The van der Waals surface area contributed by atoms with E-state index >= 15 is 0 Å². The molecule has 136 valence electrons. The Balaban J connectivity index is 1.89. The summed E-state index contributed by atoms with van der Waals surface area (Å²) in [5.74, 6) is 2.09. The molecule has 0 bridgehead atoms. The Morgan fingerprint density at radius 2 is 2.04 bits per heavy atom. The van der Waals surface area contributed by atoms with E-state index in [0.29, 0.717) is 29.2 Å². The van der Waals surface area contributed by atoms with Crippen molar-refractivity contribution in [2.45, 2.75) is 32.7 Å². The fourth-order valence-electron chi connectivity index (χ4n) is 2.51. The van der Waals surface area contributed by atoms with E-state index in [0.717, 1.165) is 24.2 Å². The largest absolute Gasteiger partial charge is 0.493 e. The first kappa shape index (κ1) is 19.0. The molecule has 0 unspecified atom stereocenters. The average Bonchev–Trinajstić information content (AvgIpc) is 2.95. The van der Waals surface area contributed by atoms with E-state index in [1.165, 1.54) is 0 Å². The second kappa shape index (κ2) is 9.22. The third-order valence-electron chi connectivity index (χ3n) is 3.80. The second-order valence-corrected chi connectivity index (χ2v) is 5.96. The second-order valence-electron chi connectivity index (χ2n) is 5.57. The van der Waals surface area contributed by atoms with Gasteiger partial charge < -0.3 is 14.8 Å². The van der Waals surface area contributed by atoms with Crippen molar-refractivity contribution in [3.8, 4) is 11.5 Å². The topological polar surface area (TPSA) is 81.2 Å². The number of nitrogens with zero attached hydrogens (tertiary/aromatic N) is 2. The molecule has 1 aromatic carbocycles. The monoisotopic (exact) mass is 364 g/mol. The van der Waals surface area contributed by atoms with E-state index in [1.54, 1.807) is 18.8 Å². The van der Waals surface area contributed by atoms with Gasteiger partial charge in [-0.15, -0.1) is 0 Å². The predicted octanol–water partition coefficient (Wildman–Crippen LogP) is 2.27. The molecule has 25 heavy (non-hydrogen) atoms. The minimum atomic E-state index is -0.0877. The van der Waals surface area contributed by atoms with Crippen molar-refractivity contribution in [1.29, 1.82) is 0 Å². The number of hydrogen-bond donors (Lipinski definition) is 2. The number of nitrogens with one attached hydrogen (secondary N) is 2. The van der Waals surface area contributed by atoms with Crippen LogP contribution in [0.4, 0.5) is 0 Å².